The molecule has 4 rings (SSSR count). The van der Waals surface area contributed by atoms with Gasteiger partial charge in [0.25, 0.3) is 5.91 Å². The van der Waals surface area contributed by atoms with Crippen LogP contribution in [0.25, 0.3) is 10.6 Å². The van der Waals surface area contributed by atoms with Crippen molar-refractivity contribution in [1.29, 1.82) is 0 Å². The third-order valence-corrected chi connectivity index (χ3v) is 6.74. The standard InChI is InChI=1S/C22H27N3O2S/c1-16-6-5-11-25(14-16)21(26)18-9-12-24(13-10-18)22(27)19-15-28-20(23-19)17-7-3-2-4-8-17/h2-4,7-8,15-16,18H,5-6,9-14H2,1H3. The van der Waals surface area contributed by atoms with Crippen molar-refractivity contribution in [3.63, 3.8) is 0 Å². The number of benzene rings is 1. The van der Waals surface area contributed by atoms with Crippen molar-refractivity contribution in [2.75, 3.05) is 26.2 Å². The van der Waals surface area contributed by atoms with Crippen LogP contribution in [0.5, 0.6) is 0 Å². The van der Waals surface area contributed by atoms with Crippen molar-refractivity contribution in [2.24, 2.45) is 11.8 Å². The molecule has 2 aliphatic heterocycles. The Balaban J connectivity index is 1.34. The minimum absolute atomic E-state index is 0.0177. The van der Waals surface area contributed by atoms with Gasteiger partial charge in [-0.1, -0.05) is 37.3 Å². The van der Waals surface area contributed by atoms with E-state index in [0.29, 0.717) is 30.6 Å². The monoisotopic (exact) mass is 397 g/mol. The normalized spacial score (nSPS) is 21.0. The summed E-state index contributed by atoms with van der Waals surface area (Å²) in [6.07, 6.45) is 3.84. The average Bonchev–Trinajstić information content (AvgIpc) is 3.24. The second-order valence-corrected chi connectivity index (χ2v) is 8.86. The fraction of sp³-hybridized carbons (Fsp3) is 0.500. The molecule has 0 bridgehead atoms. The van der Waals surface area contributed by atoms with Crippen LogP contribution in [-0.2, 0) is 4.79 Å². The summed E-state index contributed by atoms with van der Waals surface area (Å²) in [5.74, 6) is 0.933. The second-order valence-electron chi connectivity index (χ2n) is 8.00. The number of hydrogen-bond acceptors (Lipinski definition) is 4. The number of piperidine rings is 2. The summed E-state index contributed by atoms with van der Waals surface area (Å²) < 4.78 is 0. The van der Waals surface area contributed by atoms with Gasteiger partial charge in [0.1, 0.15) is 10.7 Å². The molecule has 0 saturated carbocycles. The van der Waals surface area contributed by atoms with Gasteiger partial charge < -0.3 is 9.80 Å². The van der Waals surface area contributed by atoms with Crippen molar-refractivity contribution in [1.82, 2.24) is 14.8 Å². The van der Waals surface area contributed by atoms with Crippen molar-refractivity contribution >= 4 is 23.2 Å². The minimum atomic E-state index is -0.0177. The zero-order valence-corrected chi connectivity index (χ0v) is 17.2. The third kappa shape index (κ3) is 4.12. The van der Waals surface area contributed by atoms with Crippen molar-refractivity contribution in [2.45, 2.75) is 32.6 Å². The predicted octanol–water partition coefficient (Wildman–Crippen LogP) is 3.92. The first-order valence-electron chi connectivity index (χ1n) is 10.2. The quantitative estimate of drug-likeness (QED) is 0.789. The van der Waals surface area contributed by atoms with E-state index in [-0.39, 0.29) is 11.8 Å². The van der Waals surface area contributed by atoms with Gasteiger partial charge in [-0.3, -0.25) is 9.59 Å². The van der Waals surface area contributed by atoms with Crippen LogP contribution in [-0.4, -0.2) is 52.8 Å². The van der Waals surface area contributed by atoms with Crippen LogP contribution in [0.3, 0.4) is 0 Å². The number of thiazole rings is 1. The van der Waals surface area contributed by atoms with Crippen LogP contribution in [0, 0.1) is 11.8 Å². The molecule has 5 nitrogen and oxygen atoms in total. The lowest BCUT2D eigenvalue weighted by Crippen LogP contribution is -2.47. The number of aromatic nitrogens is 1. The number of likely N-dealkylation sites (tertiary alicyclic amines) is 2. The summed E-state index contributed by atoms with van der Waals surface area (Å²) in [7, 11) is 0. The summed E-state index contributed by atoms with van der Waals surface area (Å²) >= 11 is 1.50. The summed E-state index contributed by atoms with van der Waals surface area (Å²) in [5, 5.41) is 2.71. The highest BCUT2D eigenvalue weighted by atomic mass is 32.1. The lowest BCUT2D eigenvalue weighted by molar-refractivity contribution is -0.138. The fourth-order valence-corrected chi connectivity index (χ4v) is 5.02. The smallest absolute Gasteiger partial charge is 0.273 e. The molecule has 1 aromatic carbocycles. The topological polar surface area (TPSA) is 53.5 Å². The molecular weight excluding hydrogens is 370 g/mol. The third-order valence-electron chi connectivity index (χ3n) is 5.84. The number of nitrogens with zero attached hydrogens (tertiary/aromatic N) is 3. The molecule has 148 valence electrons. The Bertz CT molecular complexity index is 827. The molecule has 3 heterocycles. The molecule has 28 heavy (non-hydrogen) atoms. The van der Waals surface area contributed by atoms with Crippen LogP contribution < -0.4 is 0 Å². The first-order valence-corrected chi connectivity index (χ1v) is 11.1. The zero-order valence-electron chi connectivity index (χ0n) is 16.3. The Morgan fingerprint density at radius 2 is 1.79 bits per heavy atom. The van der Waals surface area contributed by atoms with Gasteiger partial charge in [-0.2, -0.15) is 0 Å². The molecule has 2 amide bonds. The molecule has 0 spiro atoms. The first-order chi connectivity index (χ1) is 13.6. The Labute approximate surface area is 170 Å². The fourth-order valence-electron chi connectivity index (χ4n) is 4.22. The first kappa shape index (κ1) is 19.1. The number of carbonyl (C=O) groups excluding carboxylic acids is 2. The van der Waals surface area contributed by atoms with Crippen LogP contribution in [0.15, 0.2) is 35.7 Å². The Morgan fingerprint density at radius 3 is 2.50 bits per heavy atom. The van der Waals surface area contributed by atoms with Crippen LogP contribution >= 0.6 is 11.3 Å². The molecule has 1 unspecified atom stereocenters. The Morgan fingerprint density at radius 1 is 1.04 bits per heavy atom. The van der Waals surface area contributed by atoms with Crippen molar-refractivity contribution < 1.29 is 9.59 Å². The summed E-state index contributed by atoms with van der Waals surface area (Å²) in [6, 6.07) is 9.93. The molecule has 1 aromatic heterocycles. The van der Waals surface area contributed by atoms with Gasteiger partial charge in [0, 0.05) is 43.0 Å². The number of amides is 2. The molecular formula is C22H27N3O2S. The van der Waals surface area contributed by atoms with E-state index in [9.17, 15) is 9.59 Å². The van der Waals surface area contributed by atoms with E-state index < -0.39 is 0 Å². The van der Waals surface area contributed by atoms with Crippen LogP contribution in [0.1, 0.15) is 43.1 Å². The van der Waals surface area contributed by atoms with Gasteiger partial charge >= 0.3 is 0 Å². The molecule has 2 fully saturated rings. The van der Waals surface area contributed by atoms with Crippen molar-refractivity contribution in [3.8, 4) is 10.6 Å². The second kappa shape index (κ2) is 8.43. The molecule has 2 saturated heterocycles. The van der Waals surface area contributed by atoms with Crippen LogP contribution in [0.2, 0.25) is 0 Å². The van der Waals surface area contributed by atoms with Gasteiger partial charge in [0.2, 0.25) is 5.91 Å². The summed E-state index contributed by atoms with van der Waals surface area (Å²) in [5.41, 5.74) is 1.55. The number of carbonyl (C=O) groups is 2. The maximum absolute atomic E-state index is 12.8. The molecule has 2 aromatic rings. The molecule has 6 heteroatoms. The van der Waals surface area contributed by atoms with Crippen LogP contribution in [0.4, 0.5) is 0 Å². The molecule has 0 aliphatic carbocycles. The van der Waals surface area contributed by atoms with E-state index in [4.69, 9.17) is 0 Å². The van der Waals surface area contributed by atoms with Gasteiger partial charge in [0.05, 0.1) is 0 Å². The number of hydrogen-bond donors (Lipinski definition) is 0. The Kier molecular flexibility index (Phi) is 5.76. The van der Waals surface area contributed by atoms with Gasteiger partial charge in [-0.15, -0.1) is 11.3 Å². The van der Waals surface area contributed by atoms with E-state index in [1.165, 1.54) is 17.8 Å². The van der Waals surface area contributed by atoms with Gasteiger partial charge in [0.15, 0.2) is 0 Å². The van der Waals surface area contributed by atoms with Gasteiger partial charge in [-0.25, -0.2) is 4.98 Å². The molecule has 0 N–H and O–H groups in total. The zero-order chi connectivity index (χ0) is 19.5. The highest BCUT2D eigenvalue weighted by Crippen LogP contribution is 2.27. The maximum Gasteiger partial charge on any atom is 0.273 e. The average molecular weight is 398 g/mol. The SMILES string of the molecule is CC1CCCN(C(=O)C2CCN(C(=O)c3csc(-c4ccccc4)n3)CC2)C1. The lowest BCUT2D eigenvalue weighted by Gasteiger charge is -2.37. The number of rotatable bonds is 3. The van der Waals surface area contributed by atoms with E-state index in [1.54, 1.807) is 0 Å². The Hall–Kier alpha value is -2.21. The van der Waals surface area contributed by atoms with E-state index in [0.717, 1.165) is 42.9 Å². The van der Waals surface area contributed by atoms with E-state index in [2.05, 4.69) is 11.9 Å². The molecule has 2 aliphatic rings. The maximum atomic E-state index is 12.8. The summed E-state index contributed by atoms with van der Waals surface area (Å²) in [4.78, 5) is 34.1. The highest BCUT2D eigenvalue weighted by Gasteiger charge is 2.32. The van der Waals surface area contributed by atoms with E-state index in [1.807, 2.05) is 45.5 Å². The van der Waals surface area contributed by atoms with Gasteiger partial charge in [-0.05, 0) is 31.6 Å². The summed E-state index contributed by atoms with van der Waals surface area (Å²) in [6.45, 7) is 5.27. The lowest BCUT2D eigenvalue weighted by atomic mass is 9.92. The predicted molar refractivity (Wildman–Crippen MR) is 111 cm³/mol. The van der Waals surface area contributed by atoms with E-state index >= 15 is 0 Å². The largest absolute Gasteiger partial charge is 0.342 e. The molecule has 0 radical (unpaired) electrons. The van der Waals surface area contributed by atoms with Crippen molar-refractivity contribution in [3.05, 3.63) is 41.4 Å². The molecule has 1 atom stereocenters. The highest BCUT2D eigenvalue weighted by molar-refractivity contribution is 7.13. The minimum Gasteiger partial charge on any atom is -0.342 e.